The highest BCUT2D eigenvalue weighted by Crippen LogP contribution is 2.36. The molecule has 0 radical (unpaired) electrons. The summed E-state index contributed by atoms with van der Waals surface area (Å²) in [4.78, 5) is 8.67. The second-order valence-corrected chi connectivity index (χ2v) is 7.58. The van der Waals surface area contributed by atoms with Crippen LogP contribution in [0, 0.1) is 5.82 Å². The van der Waals surface area contributed by atoms with E-state index in [9.17, 15) is 4.39 Å². The molecule has 4 rings (SSSR count). The minimum atomic E-state index is -0.543. The standard InChI is InChI=1S/C22H24ClFN4O3.2ClH/c1-29-9-10-30-19-11-15-18(12-20(19)31-14-5-7-25-8-6-14)26-13-27-22(15)28-17-4-2-3-16(23)21(17)24;;/h2-4,11-14,25H,5-10H2,1H3,(H,26,27,28);2*1H. The lowest BCUT2D eigenvalue weighted by molar-refractivity contribution is 0.132. The third-order valence-electron chi connectivity index (χ3n) is 5.03. The second kappa shape index (κ2) is 13.0. The van der Waals surface area contributed by atoms with Gasteiger partial charge in [0.1, 0.15) is 24.9 Å². The number of hydrogen-bond acceptors (Lipinski definition) is 7. The van der Waals surface area contributed by atoms with Gasteiger partial charge in [0.2, 0.25) is 0 Å². The van der Waals surface area contributed by atoms with Crippen LogP contribution in [0.5, 0.6) is 11.5 Å². The van der Waals surface area contributed by atoms with Crippen LogP contribution in [0.2, 0.25) is 5.02 Å². The molecule has 0 spiro atoms. The molecule has 0 amide bonds. The zero-order valence-electron chi connectivity index (χ0n) is 18.0. The summed E-state index contributed by atoms with van der Waals surface area (Å²) in [5.74, 6) is 1.08. The number of methoxy groups -OCH3 is 1. The van der Waals surface area contributed by atoms with Crippen molar-refractivity contribution in [1.29, 1.82) is 0 Å². The normalized spacial score (nSPS) is 13.7. The highest BCUT2D eigenvalue weighted by Gasteiger charge is 2.19. The van der Waals surface area contributed by atoms with E-state index in [1.165, 1.54) is 12.4 Å². The molecule has 33 heavy (non-hydrogen) atoms. The van der Waals surface area contributed by atoms with E-state index < -0.39 is 5.82 Å². The minimum absolute atomic E-state index is 0. The summed E-state index contributed by atoms with van der Waals surface area (Å²) in [7, 11) is 1.62. The van der Waals surface area contributed by atoms with Crippen molar-refractivity contribution in [1.82, 2.24) is 15.3 Å². The van der Waals surface area contributed by atoms with E-state index in [-0.39, 0.29) is 41.6 Å². The summed E-state index contributed by atoms with van der Waals surface area (Å²) >= 11 is 5.91. The summed E-state index contributed by atoms with van der Waals surface area (Å²) in [5.41, 5.74) is 0.882. The van der Waals surface area contributed by atoms with Gasteiger partial charge in [0, 0.05) is 18.6 Å². The van der Waals surface area contributed by atoms with Crippen molar-refractivity contribution < 1.29 is 18.6 Å². The van der Waals surface area contributed by atoms with E-state index in [2.05, 4.69) is 20.6 Å². The van der Waals surface area contributed by atoms with Gasteiger partial charge in [-0.2, -0.15) is 0 Å². The van der Waals surface area contributed by atoms with Gasteiger partial charge >= 0.3 is 0 Å². The van der Waals surface area contributed by atoms with Crippen molar-refractivity contribution in [2.24, 2.45) is 0 Å². The number of hydrogen-bond donors (Lipinski definition) is 2. The number of rotatable bonds is 8. The first-order chi connectivity index (χ1) is 15.2. The van der Waals surface area contributed by atoms with Gasteiger partial charge in [-0.1, -0.05) is 17.7 Å². The maximum atomic E-state index is 14.4. The van der Waals surface area contributed by atoms with Gasteiger partial charge in [0.05, 0.1) is 22.8 Å². The summed E-state index contributed by atoms with van der Waals surface area (Å²) in [6.45, 7) is 2.64. The number of ether oxygens (including phenoxy) is 3. The highest BCUT2D eigenvalue weighted by atomic mass is 35.5. The van der Waals surface area contributed by atoms with Crippen molar-refractivity contribution in [2.75, 3.05) is 38.7 Å². The van der Waals surface area contributed by atoms with Gasteiger partial charge in [-0.25, -0.2) is 14.4 Å². The van der Waals surface area contributed by atoms with E-state index in [4.69, 9.17) is 25.8 Å². The molecule has 2 heterocycles. The predicted molar refractivity (Wildman–Crippen MR) is 133 cm³/mol. The molecule has 3 aromatic rings. The Balaban J connectivity index is 0.00000193. The van der Waals surface area contributed by atoms with E-state index in [0.29, 0.717) is 41.4 Å². The molecule has 1 aromatic heterocycles. The topological polar surface area (TPSA) is 77.5 Å². The lowest BCUT2D eigenvalue weighted by Gasteiger charge is -2.25. The molecule has 0 bridgehead atoms. The number of anilines is 2. The Labute approximate surface area is 209 Å². The minimum Gasteiger partial charge on any atom is -0.487 e. The highest BCUT2D eigenvalue weighted by molar-refractivity contribution is 6.31. The fourth-order valence-corrected chi connectivity index (χ4v) is 3.60. The first-order valence-electron chi connectivity index (χ1n) is 10.1. The summed E-state index contributed by atoms with van der Waals surface area (Å²) in [6.07, 6.45) is 3.36. The molecule has 2 N–H and O–H groups in total. The van der Waals surface area contributed by atoms with Crippen molar-refractivity contribution in [2.45, 2.75) is 18.9 Å². The number of aromatic nitrogens is 2. The number of piperidine rings is 1. The van der Waals surface area contributed by atoms with Crippen molar-refractivity contribution in [3.63, 3.8) is 0 Å². The molecule has 2 aromatic carbocycles. The van der Waals surface area contributed by atoms with Crippen LogP contribution in [0.25, 0.3) is 10.9 Å². The average Bonchev–Trinajstić information content (AvgIpc) is 2.78. The van der Waals surface area contributed by atoms with Gasteiger partial charge in [0.15, 0.2) is 17.3 Å². The molecule has 0 aliphatic carbocycles. The van der Waals surface area contributed by atoms with Crippen LogP contribution in [0.3, 0.4) is 0 Å². The Morgan fingerprint density at radius 1 is 1.12 bits per heavy atom. The lowest BCUT2D eigenvalue weighted by atomic mass is 10.1. The molecule has 0 saturated carbocycles. The van der Waals surface area contributed by atoms with Gasteiger partial charge in [-0.3, -0.25) is 0 Å². The Morgan fingerprint density at radius 2 is 1.91 bits per heavy atom. The largest absolute Gasteiger partial charge is 0.487 e. The zero-order valence-corrected chi connectivity index (χ0v) is 20.4. The number of nitrogens with zero attached hydrogens (tertiary/aromatic N) is 2. The summed E-state index contributed by atoms with van der Waals surface area (Å²) < 4.78 is 31.7. The lowest BCUT2D eigenvalue weighted by Crippen LogP contribution is -2.34. The molecule has 1 aliphatic heterocycles. The molecule has 11 heteroatoms. The Morgan fingerprint density at radius 3 is 2.67 bits per heavy atom. The monoisotopic (exact) mass is 518 g/mol. The molecular weight excluding hydrogens is 494 g/mol. The van der Waals surface area contributed by atoms with Gasteiger partial charge in [0.25, 0.3) is 0 Å². The number of halogens is 4. The maximum Gasteiger partial charge on any atom is 0.165 e. The van der Waals surface area contributed by atoms with E-state index in [1.807, 2.05) is 12.1 Å². The first-order valence-corrected chi connectivity index (χ1v) is 10.5. The van der Waals surface area contributed by atoms with E-state index in [0.717, 1.165) is 25.9 Å². The third-order valence-corrected chi connectivity index (χ3v) is 5.32. The second-order valence-electron chi connectivity index (χ2n) is 7.17. The van der Waals surface area contributed by atoms with Crippen LogP contribution in [0.15, 0.2) is 36.7 Å². The Bertz CT molecular complexity index is 1050. The number of nitrogens with one attached hydrogen (secondary N) is 2. The molecule has 7 nitrogen and oxygen atoms in total. The van der Waals surface area contributed by atoms with E-state index >= 15 is 0 Å². The first kappa shape index (κ1) is 27.1. The van der Waals surface area contributed by atoms with Gasteiger partial charge in [-0.15, -0.1) is 24.8 Å². The average molecular weight is 520 g/mol. The summed E-state index contributed by atoms with van der Waals surface area (Å²) in [5, 5.41) is 7.05. The van der Waals surface area contributed by atoms with Crippen LogP contribution >= 0.6 is 36.4 Å². The number of benzene rings is 2. The molecule has 0 unspecified atom stereocenters. The van der Waals surface area contributed by atoms with Crippen LogP contribution in [-0.4, -0.2) is 49.5 Å². The molecular formula is C22H26Cl3FN4O3. The fourth-order valence-electron chi connectivity index (χ4n) is 3.42. The molecule has 0 atom stereocenters. The van der Waals surface area contributed by atoms with Crippen LogP contribution in [0.1, 0.15) is 12.8 Å². The van der Waals surface area contributed by atoms with E-state index in [1.54, 1.807) is 19.2 Å². The predicted octanol–water partition coefficient (Wildman–Crippen LogP) is 5.17. The van der Waals surface area contributed by atoms with Crippen LogP contribution in [-0.2, 0) is 4.74 Å². The van der Waals surface area contributed by atoms with Crippen molar-refractivity contribution >= 4 is 58.8 Å². The Hall–Kier alpha value is -2.10. The maximum absolute atomic E-state index is 14.4. The van der Waals surface area contributed by atoms with Crippen LogP contribution < -0.4 is 20.1 Å². The van der Waals surface area contributed by atoms with Gasteiger partial charge in [-0.05, 0) is 44.1 Å². The fraction of sp³-hybridized carbons (Fsp3) is 0.364. The third kappa shape index (κ3) is 6.71. The SMILES string of the molecule is COCCOc1cc2c(Nc3cccc(Cl)c3F)ncnc2cc1OC1CCNCC1.Cl.Cl. The van der Waals surface area contributed by atoms with Crippen molar-refractivity contribution in [3.05, 3.63) is 47.5 Å². The molecule has 1 saturated heterocycles. The number of fused-ring (bicyclic) bond motifs is 1. The zero-order chi connectivity index (χ0) is 21.6. The quantitative estimate of drug-likeness (QED) is 0.398. The molecule has 1 fully saturated rings. The Kier molecular flexibility index (Phi) is 10.7. The summed E-state index contributed by atoms with van der Waals surface area (Å²) in [6, 6.07) is 8.40. The smallest absolute Gasteiger partial charge is 0.165 e. The van der Waals surface area contributed by atoms with Crippen LogP contribution in [0.4, 0.5) is 15.9 Å². The molecule has 180 valence electrons. The molecule has 1 aliphatic rings. The van der Waals surface area contributed by atoms with Crippen molar-refractivity contribution in [3.8, 4) is 11.5 Å². The van der Waals surface area contributed by atoms with Gasteiger partial charge < -0.3 is 24.8 Å².